The molecule has 0 saturated carbocycles. The van der Waals surface area contributed by atoms with Crippen LogP contribution in [-0.2, 0) is 22.6 Å². The zero-order valence-corrected chi connectivity index (χ0v) is 18.4. The summed E-state index contributed by atoms with van der Waals surface area (Å²) in [6.45, 7) is 10.5. The lowest BCUT2D eigenvalue weighted by Gasteiger charge is -2.31. The molecule has 0 heterocycles. The van der Waals surface area contributed by atoms with Crippen LogP contribution in [0.3, 0.4) is 0 Å². The van der Waals surface area contributed by atoms with Crippen molar-refractivity contribution in [3.05, 3.63) is 70.8 Å². The van der Waals surface area contributed by atoms with Gasteiger partial charge in [0.1, 0.15) is 6.04 Å². The number of benzene rings is 2. The highest BCUT2D eigenvalue weighted by Gasteiger charge is 2.29. The molecule has 4 heteroatoms. The first kappa shape index (κ1) is 22.7. The number of hydrogen-bond acceptors (Lipinski definition) is 2. The van der Waals surface area contributed by atoms with Crippen molar-refractivity contribution in [3.63, 3.8) is 0 Å². The van der Waals surface area contributed by atoms with Crippen LogP contribution in [-0.4, -0.2) is 28.8 Å². The minimum absolute atomic E-state index is 0.0197. The lowest BCUT2D eigenvalue weighted by Crippen LogP contribution is -2.51. The molecule has 0 fully saturated rings. The quantitative estimate of drug-likeness (QED) is 0.677. The third kappa shape index (κ3) is 6.45. The SMILES string of the molecule is CCC(C)NC(=O)C(CC)N(Cc1ccccc1)C(=O)Cc1cc(C)ccc1C. The van der Waals surface area contributed by atoms with Crippen LogP contribution in [0.2, 0.25) is 0 Å². The van der Waals surface area contributed by atoms with Crippen molar-refractivity contribution in [2.24, 2.45) is 0 Å². The maximum absolute atomic E-state index is 13.4. The molecule has 0 radical (unpaired) electrons. The summed E-state index contributed by atoms with van der Waals surface area (Å²) in [7, 11) is 0. The summed E-state index contributed by atoms with van der Waals surface area (Å²) in [5, 5.41) is 3.05. The van der Waals surface area contributed by atoms with Crippen LogP contribution >= 0.6 is 0 Å². The van der Waals surface area contributed by atoms with Gasteiger partial charge in [0, 0.05) is 12.6 Å². The van der Waals surface area contributed by atoms with Gasteiger partial charge in [0.05, 0.1) is 6.42 Å². The Bertz CT molecular complexity index is 817. The van der Waals surface area contributed by atoms with E-state index in [4.69, 9.17) is 0 Å². The number of carbonyl (C=O) groups excluding carboxylic acids is 2. The lowest BCUT2D eigenvalue weighted by molar-refractivity contribution is -0.141. The number of hydrogen-bond donors (Lipinski definition) is 1. The van der Waals surface area contributed by atoms with Crippen molar-refractivity contribution >= 4 is 11.8 Å². The molecule has 0 aliphatic carbocycles. The highest BCUT2D eigenvalue weighted by atomic mass is 16.2. The highest BCUT2D eigenvalue weighted by molar-refractivity contribution is 5.88. The Labute approximate surface area is 175 Å². The fourth-order valence-corrected chi connectivity index (χ4v) is 3.40. The molecule has 0 spiro atoms. The molecule has 0 aromatic heterocycles. The maximum Gasteiger partial charge on any atom is 0.243 e. The largest absolute Gasteiger partial charge is 0.352 e. The summed E-state index contributed by atoms with van der Waals surface area (Å²) in [4.78, 5) is 28.1. The average Bonchev–Trinajstić information content (AvgIpc) is 2.71. The Hall–Kier alpha value is -2.62. The van der Waals surface area contributed by atoms with Crippen LogP contribution in [0.4, 0.5) is 0 Å². The van der Waals surface area contributed by atoms with E-state index in [2.05, 4.69) is 17.4 Å². The molecular formula is C25H34N2O2. The third-order valence-electron chi connectivity index (χ3n) is 5.43. The van der Waals surface area contributed by atoms with E-state index in [1.807, 2.05) is 71.0 Å². The van der Waals surface area contributed by atoms with Crippen molar-refractivity contribution in [2.45, 2.75) is 72.5 Å². The van der Waals surface area contributed by atoms with E-state index in [9.17, 15) is 9.59 Å². The number of carbonyl (C=O) groups is 2. The molecule has 0 aliphatic rings. The molecule has 0 saturated heterocycles. The van der Waals surface area contributed by atoms with Crippen LogP contribution < -0.4 is 5.32 Å². The maximum atomic E-state index is 13.4. The Morgan fingerprint density at radius 1 is 1.00 bits per heavy atom. The van der Waals surface area contributed by atoms with E-state index in [1.54, 1.807) is 4.90 Å². The van der Waals surface area contributed by atoms with Gasteiger partial charge in [-0.25, -0.2) is 0 Å². The summed E-state index contributed by atoms with van der Waals surface area (Å²) in [6, 6.07) is 15.6. The Morgan fingerprint density at radius 3 is 2.31 bits per heavy atom. The highest BCUT2D eigenvalue weighted by Crippen LogP contribution is 2.17. The molecule has 2 aromatic rings. The first-order valence-corrected chi connectivity index (χ1v) is 10.6. The topological polar surface area (TPSA) is 49.4 Å². The first-order valence-electron chi connectivity index (χ1n) is 10.6. The number of rotatable bonds is 9. The van der Waals surface area contributed by atoms with Crippen LogP contribution in [0.15, 0.2) is 48.5 Å². The number of nitrogens with zero attached hydrogens (tertiary/aromatic N) is 1. The van der Waals surface area contributed by atoms with Gasteiger partial charge >= 0.3 is 0 Å². The van der Waals surface area contributed by atoms with Gasteiger partial charge in [-0.3, -0.25) is 9.59 Å². The summed E-state index contributed by atoms with van der Waals surface area (Å²) in [5.41, 5.74) is 4.28. The van der Waals surface area contributed by atoms with Gasteiger partial charge in [0.15, 0.2) is 0 Å². The third-order valence-corrected chi connectivity index (χ3v) is 5.43. The molecule has 4 nitrogen and oxygen atoms in total. The molecule has 2 unspecified atom stereocenters. The molecule has 0 bridgehead atoms. The average molecular weight is 395 g/mol. The van der Waals surface area contributed by atoms with Crippen LogP contribution in [0, 0.1) is 13.8 Å². The van der Waals surface area contributed by atoms with Crippen LogP contribution in [0.25, 0.3) is 0 Å². The zero-order chi connectivity index (χ0) is 21.4. The van der Waals surface area contributed by atoms with Crippen molar-refractivity contribution < 1.29 is 9.59 Å². The van der Waals surface area contributed by atoms with Crippen LogP contribution in [0.1, 0.15) is 55.9 Å². The van der Waals surface area contributed by atoms with Crippen LogP contribution in [0.5, 0.6) is 0 Å². The minimum atomic E-state index is -0.484. The number of amides is 2. The van der Waals surface area contributed by atoms with Gasteiger partial charge in [-0.2, -0.15) is 0 Å². The molecule has 1 N–H and O–H groups in total. The fraction of sp³-hybridized carbons (Fsp3) is 0.440. The smallest absolute Gasteiger partial charge is 0.243 e. The van der Waals surface area contributed by atoms with E-state index in [1.165, 1.54) is 0 Å². The number of aryl methyl sites for hydroxylation is 2. The molecule has 2 atom stereocenters. The summed E-state index contributed by atoms with van der Waals surface area (Å²) in [6.07, 6.45) is 1.73. The van der Waals surface area contributed by atoms with Gasteiger partial charge in [0.2, 0.25) is 11.8 Å². The van der Waals surface area contributed by atoms with Gasteiger partial charge in [0.25, 0.3) is 0 Å². The molecule has 0 aliphatic heterocycles. The van der Waals surface area contributed by atoms with E-state index >= 15 is 0 Å². The van der Waals surface area contributed by atoms with E-state index in [0.717, 1.165) is 28.7 Å². The second-order valence-corrected chi connectivity index (χ2v) is 7.86. The van der Waals surface area contributed by atoms with Crippen molar-refractivity contribution in [3.8, 4) is 0 Å². The Balaban J connectivity index is 2.30. The van der Waals surface area contributed by atoms with Crippen molar-refractivity contribution in [1.29, 1.82) is 0 Å². The van der Waals surface area contributed by atoms with Gasteiger partial charge in [-0.15, -0.1) is 0 Å². The van der Waals surface area contributed by atoms with Gasteiger partial charge in [-0.05, 0) is 50.3 Å². The Kier molecular flexibility index (Phi) is 8.44. The van der Waals surface area contributed by atoms with E-state index < -0.39 is 6.04 Å². The molecule has 2 aromatic carbocycles. The van der Waals surface area contributed by atoms with E-state index in [0.29, 0.717) is 19.4 Å². The normalized spacial score (nSPS) is 12.9. The zero-order valence-electron chi connectivity index (χ0n) is 18.4. The fourth-order valence-electron chi connectivity index (χ4n) is 3.40. The van der Waals surface area contributed by atoms with Gasteiger partial charge in [-0.1, -0.05) is 67.9 Å². The summed E-state index contributed by atoms with van der Waals surface area (Å²) in [5.74, 6) is -0.0965. The second-order valence-electron chi connectivity index (χ2n) is 7.86. The predicted molar refractivity (Wildman–Crippen MR) is 119 cm³/mol. The molecular weight excluding hydrogens is 360 g/mol. The summed E-state index contributed by atoms with van der Waals surface area (Å²) < 4.78 is 0. The Morgan fingerprint density at radius 2 is 1.69 bits per heavy atom. The molecule has 2 rings (SSSR count). The standard InChI is InChI=1S/C25H34N2O2/c1-6-20(5)26-25(29)23(7-2)27(17-21-11-9-8-10-12-21)24(28)16-22-15-18(3)13-14-19(22)4/h8-15,20,23H,6-7,16-17H2,1-5H3,(H,26,29). The minimum Gasteiger partial charge on any atom is -0.352 e. The predicted octanol–water partition coefficient (Wildman–Crippen LogP) is 4.57. The van der Waals surface area contributed by atoms with E-state index in [-0.39, 0.29) is 17.9 Å². The molecule has 29 heavy (non-hydrogen) atoms. The van der Waals surface area contributed by atoms with Gasteiger partial charge < -0.3 is 10.2 Å². The molecule has 156 valence electrons. The first-order chi connectivity index (χ1) is 13.8. The number of nitrogens with one attached hydrogen (secondary N) is 1. The van der Waals surface area contributed by atoms with Crippen molar-refractivity contribution in [2.75, 3.05) is 0 Å². The summed E-state index contributed by atoms with van der Waals surface area (Å²) >= 11 is 0. The lowest BCUT2D eigenvalue weighted by atomic mass is 10.0. The van der Waals surface area contributed by atoms with Crippen molar-refractivity contribution in [1.82, 2.24) is 10.2 Å². The monoisotopic (exact) mass is 394 g/mol. The second kappa shape index (κ2) is 10.8. The molecule has 2 amide bonds.